The van der Waals surface area contributed by atoms with Gasteiger partial charge in [-0.3, -0.25) is 4.90 Å². The summed E-state index contributed by atoms with van der Waals surface area (Å²) in [5.41, 5.74) is 1.46. The third kappa shape index (κ3) is 2.93. The highest BCUT2D eigenvalue weighted by molar-refractivity contribution is 5.15. The third-order valence-electron chi connectivity index (χ3n) is 4.02. The molecular weight excluding hydrogens is 220 g/mol. The first kappa shape index (κ1) is 13.6. The van der Waals surface area contributed by atoms with E-state index in [1.165, 1.54) is 31.5 Å². The van der Waals surface area contributed by atoms with Crippen LogP contribution in [0.1, 0.15) is 32.3 Å². The predicted octanol–water partition coefficient (Wildman–Crippen LogP) is 2.99. The highest BCUT2D eigenvalue weighted by Gasteiger charge is 2.38. The maximum Gasteiger partial charge on any atom is 0.0240 e. The van der Waals surface area contributed by atoms with Crippen molar-refractivity contribution < 1.29 is 0 Å². The predicted molar refractivity (Wildman–Crippen MR) is 77.6 cm³/mol. The Morgan fingerprint density at radius 3 is 2.11 bits per heavy atom. The van der Waals surface area contributed by atoms with Crippen LogP contribution in [0.5, 0.6) is 0 Å². The largest absolute Gasteiger partial charge is 0.303 e. The zero-order valence-corrected chi connectivity index (χ0v) is 12.0. The molecule has 0 amide bonds. The van der Waals surface area contributed by atoms with Gasteiger partial charge in [0.05, 0.1) is 0 Å². The van der Waals surface area contributed by atoms with Crippen LogP contribution >= 0.6 is 0 Å². The van der Waals surface area contributed by atoms with Gasteiger partial charge in [-0.15, -0.1) is 0 Å². The fraction of sp³-hybridized carbons (Fsp3) is 0.625. The van der Waals surface area contributed by atoms with Gasteiger partial charge in [0.25, 0.3) is 0 Å². The molecule has 1 aromatic rings. The molecule has 2 aliphatic rings. The number of fused-ring (bicyclic) bond motifs is 2. The SMILES string of the molecule is CC.CN1CC2CCC(C1)N2Cc1ccccc1. The van der Waals surface area contributed by atoms with Gasteiger partial charge in [-0.2, -0.15) is 0 Å². The molecule has 100 valence electrons. The number of likely N-dealkylation sites (tertiary alicyclic amines) is 1. The van der Waals surface area contributed by atoms with Gasteiger partial charge < -0.3 is 4.90 Å². The first-order chi connectivity index (χ1) is 8.83. The van der Waals surface area contributed by atoms with E-state index >= 15 is 0 Å². The fourth-order valence-electron chi connectivity index (χ4n) is 3.25. The summed E-state index contributed by atoms with van der Waals surface area (Å²) in [7, 11) is 2.26. The Bertz CT molecular complexity index is 335. The Hall–Kier alpha value is -0.860. The van der Waals surface area contributed by atoms with E-state index in [-0.39, 0.29) is 0 Å². The number of hydrogen-bond acceptors (Lipinski definition) is 2. The molecule has 2 bridgehead atoms. The van der Waals surface area contributed by atoms with E-state index in [2.05, 4.69) is 47.2 Å². The smallest absolute Gasteiger partial charge is 0.0240 e. The molecule has 0 saturated carbocycles. The van der Waals surface area contributed by atoms with Gasteiger partial charge in [-0.25, -0.2) is 0 Å². The van der Waals surface area contributed by atoms with Crippen molar-refractivity contribution in [2.45, 2.75) is 45.3 Å². The van der Waals surface area contributed by atoms with Gasteiger partial charge in [0.2, 0.25) is 0 Å². The number of piperazine rings is 1. The number of rotatable bonds is 2. The summed E-state index contributed by atoms with van der Waals surface area (Å²) < 4.78 is 0. The van der Waals surface area contributed by atoms with E-state index < -0.39 is 0 Å². The van der Waals surface area contributed by atoms with Crippen LogP contribution in [0.4, 0.5) is 0 Å². The number of hydrogen-bond donors (Lipinski definition) is 0. The second-order valence-corrected chi connectivity index (χ2v) is 5.26. The molecule has 0 radical (unpaired) electrons. The molecule has 2 saturated heterocycles. The van der Waals surface area contributed by atoms with Crippen LogP contribution in [0, 0.1) is 0 Å². The number of nitrogens with zero attached hydrogens (tertiary/aromatic N) is 2. The summed E-state index contributed by atoms with van der Waals surface area (Å²) in [5, 5.41) is 0. The van der Waals surface area contributed by atoms with Crippen molar-refractivity contribution in [1.29, 1.82) is 0 Å². The minimum Gasteiger partial charge on any atom is -0.303 e. The molecule has 2 heterocycles. The third-order valence-corrected chi connectivity index (χ3v) is 4.02. The molecule has 0 aliphatic carbocycles. The van der Waals surface area contributed by atoms with Crippen LogP contribution in [0.15, 0.2) is 30.3 Å². The van der Waals surface area contributed by atoms with Crippen LogP contribution in [0.3, 0.4) is 0 Å². The van der Waals surface area contributed by atoms with E-state index in [9.17, 15) is 0 Å². The van der Waals surface area contributed by atoms with Crippen molar-refractivity contribution in [3.05, 3.63) is 35.9 Å². The Labute approximate surface area is 112 Å². The van der Waals surface area contributed by atoms with Gasteiger partial charge in [-0.05, 0) is 25.5 Å². The van der Waals surface area contributed by atoms with E-state index in [0.29, 0.717) is 0 Å². The Kier molecular flexibility index (Phi) is 4.79. The zero-order chi connectivity index (χ0) is 13.0. The zero-order valence-electron chi connectivity index (χ0n) is 12.0. The minimum atomic E-state index is 0.795. The molecule has 2 fully saturated rings. The summed E-state index contributed by atoms with van der Waals surface area (Å²) in [4.78, 5) is 5.21. The Balaban J connectivity index is 0.000000574. The van der Waals surface area contributed by atoms with Crippen molar-refractivity contribution in [2.75, 3.05) is 20.1 Å². The Morgan fingerprint density at radius 2 is 1.56 bits per heavy atom. The van der Waals surface area contributed by atoms with E-state index in [1.54, 1.807) is 0 Å². The van der Waals surface area contributed by atoms with Crippen molar-refractivity contribution in [3.63, 3.8) is 0 Å². The highest BCUT2D eigenvalue weighted by atomic mass is 15.3. The summed E-state index contributed by atoms with van der Waals surface area (Å²) in [6, 6.07) is 12.5. The fourth-order valence-corrected chi connectivity index (χ4v) is 3.25. The average molecular weight is 246 g/mol. The first-order valence-corrected chi connectivity index (χ1v) is 7.31. The molecule has 0 spiro atoms. The second kappa shape index (κ2) is 6.35. The summed E-state index contributed by atoms with van der Waals surface area (Å²) in [6.07, 6.45) is 2.78. The summed E-state index contributed by atoms with van der Waals surface area (Å²) in [6.45, 7) is 7.65. The van der Waals surface area contributed by atoms with Gasteiger partial charge in [0.15, 0.2) is 0 Å². The lowest BCUT2D eigenvalue weighted by atomic mass is 10.1. The van der Waals surface area contributed by atoms with E-state index in [1.807, 2.05) is 13.8 Å². The van der Waals surface area contributed by atoms with Crippen LogP contribution in [0.25, 0.3) is 0 Å². The molecule has 0 N–H and O–H groups in total. The standard InChI is InChI=1S/C14H20N2.C2H6/c1-15-10-13-7-8-14(11-15)16(13)9-12-5-3-2-4-6-12;1-2/h2-6,13-14H,7-11H2,1H3;1-2H3. The van der Waals surface area contributed by atoms with Crippen molar-refractivity contribution >= 4 is 0 Å². The molecule has 2 atom stereocenters. The van der Waals surface area contributed by atoms with Gasteiger partial charge in [0.1, 0.15) is 0 Å². The molecular formula is C16H26N2. The van der Waals surface area contributed by atoms with E-state index in [4.69, 9.17) is 0 Å². The molecule has 2 unspecified atom stereocenters. The van der Waals surface area contributed by atoms with Gasteiger partial charge >= 0.3 is 0 Å². The van der Waals surface area contributed by atoms with Crippen LogP contribution in [-0.4, -0.2) is 42.0 Å². The van der Waals surface area contributed by atoms with Crippen LogP contribution < -0.4 is 0 Å². The van der Waals surface area contributed by atoms with Crippen molar-refractivity contribution in [2.24, 2.45) is 0 Å². The maximum atomic E-state index is 2.72. The monoisotopic (exact) mass is 246 g/mol. The van der Waals surface area contributed by atoms with Gasteiger partial charge in [0, 0.05) is 31.7 Å². The van der Waals surface area contributed by atoms with Crippen molar-refractivity contribution in [1.82, 2.24) is 9.80 Å². The molecule has 1 aromatic carbocycles. The van der Waals surface area contributed by atoms with Gasteiger partial charge in [-0.1, -0.05) is 44.2 Å². The quantitative estimate of drug-likeness (QED) is 0.791. The average Bonchev–Trinajstić information content (AvgIpc) is 2.65. The normalized spacial score (nSPS) is 27.7. The maximum absolute atomic E-state index is 2.72. The Morgan fingerprint density at radius 1 is 1.00 bits per heavy atom. The summed E-state index contributed by atoms with van der Waals surface area (Å²) >= 11 is 0. The lowest BCUT2D eigenvalue weighted by molar-refractivity contribution is 0.0760. The molecule has 0 aromatic heterocycles. The second-order valence-electron chi connectivity index (χ2n) is 5.26. The van der Waals surface area contributed by atoms with Crippen molar-refractivity contribution in [3.8, 4) is 0 Å². The molecule has 18 heavy (non-hydrogen) atoms. The van der Waals surface area contributed by atoms with Crippen LogP contribution in [-0.2, 0) is 6.54 Å². The molecule has 2 heteroatoms. The number of benzene rings is 1. The molecule has 2 nitrogen and oxygen atoms in total. The minimum absolute atomic E-state index is 0.795. The molecule has 2 aliphatic heterocycles. The highest BCUT2D eigenvalue weighted by Crippen LogP contribution is 2.30. The van der Waals surface area contributed by atoms with Crippen LogP contribution in [0.2, 0.25) is 0 Å². The van der Waals surface area contributed by atoms with E-state index in [0.717, 1.165) is 18.6 Å². The molecule has 3 rings (SSSR count). The topological polar surface area (TPSA) is 6.48 Å². The number of likely N-dealkylation sites (N-methyl/N-ethyl adjacent to an activating group) is 1. The first-order valence-electron chi connectivity index (χ1n) is 7.31. The lowest BCUT2D eigenvalue weighted by Crippen LogP contribution is -2.51. The summed E-state index contributed by atoms with van der Waals surface area (Å²) in [5.74, 6) is 0. The lowest BCUT2D eigenvalue weighted by Gasteiger charge is -2.39.